The third-order valence-corrected chi connectivity index (χ3v) is 5.61. The lowest BCUT2D eigenvalue weighted by Gasteiger charge is -2.26. The molecule has 3 amide bonds. The number of aliphatic carboxylic acids is 2. The van der Waals surface area contributed by atoms with Crippen molar-refractivity contribution in [3.05, 3.63) is 36.0 Å². The van der Waals surface area contributed by atoms with Crippen LogP contribution in [0, 0.1) is 0 Å². The molecule has 6 atom stereocenters. The zero-order valence-electron chi connectivity index (χ0n) is 20.2. The van der Waals surface area contributed by atoms with E-state index in [1.54, 1.807) is 30.5 Å². The molecular formula is C23H31N5O9. The Morgan fingerprint density at radius 2 is 1.51 bits per heavy atom. The molecule has 0 bridgehead atoms. The van der Waals surface area contributed by atoms with Gasteiger partial charge in [-0.2, -0.15) is 0 Å². The van der Waals surface area contributed by atoms with Crippen LogP contribution in [0.2, 0.25) is 0 Å². The Morgan fingerprint density at radius 1 is 0.892 bits per heavy atom. The Morgan fingerprint density at radius 3 is 2.08 bits per heavy atom. The largest absolute Gasteiger partial charge is 0.481 e. The number of carbonyl (C=O) groups excluding carboxylic acids is 3. The topological polar surface area (TPSA) is 244 Å². The van der Waals surface area contributed by atoms with E-state index in [4.69, 9.17) is 10.8 Å². The predicted octanol–water partition coefficient (Wildman–Crippen LogP) is -2.19. The van der Waals surface area contributed by atoms with Crippen LogP contribution in [-0.2, 0) is 30.4 Å². The number of fused-ring (bicyclic) bond motifs is 1. The van der Waals surface area contributed by atoms with Gasteiger partial charge in [0, 0.05) is 23.5 Å². The number of nitrogens with one attached hydrogen (secondary N) is 4. The molecule has 6 unspecified atom stereocenters. The fourth-order valence-electron chi connectivity index (χ4n) is 3.51. The first-order valence-electron chi connectivity index (χ1n) is 11.3. The van der Waals surface area contributed by atoms with Gasteiger partial charge in [-0.05, 0) is 25.5 Å². The van der Waals surface area contributed by atoms with E-state index in [1.807, 2.05) is 5.32 Å². The van der Waals surface area contributed by atoms with E-state index in [2.05, 4.69) is 15.6 Å². The Balaban J connectivity index is 2.29. The molecule has 10 N–H and O–H groups in total. The van der Waals surface area contributed by atoms with E-state index in [9.17, 15) is 39.3 Å². The number of carbonyl (C=O) groups is 5. The van der Waals surface area contributed by atoms with Crippen molar-refractivity contribution in [2.75, 3.05) is 0 Å². The first-order valence-corrected chi connectivity index (χ1v) is 11.3. The molecule has 1 aromatic heterocycles. The van der Waals surface area contributed by atoms with Gasteiger partial charge < -0.3 is 47.1 Å². The maximum Gasteiger partial charge on any atom is 0.326 e. The third kappa shape index (κ3) is 7.99. The fraction of sp³-hybridized carbons (Fsp3) is 0.435. The minimum Gasteiger partial charge on any atom is -0.481 e. The molecule has 14 nitrogen and oxygen atoms in total. The number of aromatic nitrogens is 1. The smallest absolute Gasteiger partial charge is 0.326 e. The Bertz CT molecular complexity index is 1150. The lowest BCUT2D eigenvalue weighted by atomic mass is 10.0. The Kier molecular flexibility index (Phi) is 10.1. The summed E-state index contributed by atoms with van der Waals surface area (Å²) in [5.74, 6) is -6.01. The summed E-state index contributed by atoms with van der Waals surface area (Å²) in [5, 5.41) is 45.3. The van der Waals surface area contributed by atoms with Gasteiger partial charge in [-0.1, -0.05) is 18.2 Å². The van der Waals surface area contributed by atoms with Crippen LogP contribution >= 0.6 is 0 Å². The van der Waals surface area contributed by atoms with Crippen LogP contribution in [-0.4, -0.2) is 91.4 Å². The minimum atomic E-state index is -1.81. The number of hydrogen-bond donors (Lipinski definition) is 9. The summed E-state index contributed by atoms with van der Waals surface area (Å²) in [7, 11) is 0. The van der Waals surface area contributed by atoms with Crippen molar-refractivity contribution in [2.24, 2.45) is 5.73 Å². The van der Waals surface area contributed by atoms with Crippen molar-refractivity contribution in [1.82, 2.24) is 20.9 Å². The highest BCUT2D eigenvalue weighted by Crippen LogP contribution is 2.19. The van der Waals surface area contributed by atoms with Crippen molar-refractivity contribution in [1.29, 1.82) is 0 Å². The standard InChI is InChI=1S/C23H31N5O9/c1-10(29)18(24)21(34)26-15(7-12-9-25-14-6-4-3-5-13(12)14)20(33)28-19(11(2)30)22(35)27-16(23(36)37)8-17(31)32/h3-6,9-11,15-16,18-19,25,29-30H,7-8,24H2,1-2H3,(H,26,34)(H,27,35)(H,28,33)(H,31,32)(H,36,37). The van der Waals surface area contributed by atoms with E-state index in [-0.39, 0.29) is 6.42 Å². The van der Waals surface area contributed by atoms with Crippen LogP contribution < -0.4 is 21.7 Å². The lowest BCUT2D eigenvalue weighted by molar-refractivity contribution is -0.148. The third-order valence-electron chi connectivity index (χ3n) is 5.61. The number of aromatic amines is 1. The highest BCUT2D eigenvalue weighted by atomic mass is 16.4. The average molecular weight is 522 g/mol. The zero-order valence-corrected chi connectivity index (χ0v) is 20.2. The summed E-state index contributed by atoms with van der Waals surface area (Å²) in [5.41, 5.74) is 7.08. The number of carboxylic acid groups (broad SMARTS) is 2. The molecule has 0 radical (unpaired) electrons. The molecule has 0 aliphatic heterocycles. The van der Waals surface area contributed by atoms with E-state index in [0.29, 0.717) is 5.56 Å². The number of hydrogen-bond acceptors (Lipinski definition) is 8. The highest BCUT2D eigenvalue weighted by Gasteiger charge is 2.34. The maximum atomic E-state index is 13.2. The summed E-state index contributed by atoms with van der Waals surface area (Å²) in [6.45, 7) is 2.46. The van der Waals surface area contributed by atoms with Crippen molar-refractivity contribution in [2.45, 2.75) is 63.1 Å². The lowest BCUT2D eigenvalue weighted by Crippen LogP contribution is -2.60. The van der Waals surface area contributed by atoms with Gasteiger partial charge in [-0.25, -0.2) is 4.79 Å². The van der Waals surface area contributed by atoms with E-state index in [1.165, 1.54) is 6.92 Å². The first kappa shape index (κ1) is 29.2. The molecule has 0 fully saturated rings. The van der Waals surface area contributed by atoms with Gasteiger partial charge in [-0.3, -0.25) is 19.2 Å². The molecular weight excluding hydrogens is 490 g/mol. The van der Waals surface area contributed by atoms with Crippen molar-refractivity contribution >= 4 is 40.6 Å². The zero-order chi connectivity index (χ0) is 27.9. The van der Waals surface area contributed by atoms with E-state index in [0.717, 1.165) is 17.8 Å². The van der Waals surface area contributed by atoms with Gasteiger partial charge in [0.15, 0.2) is 0 Å². The molecule has 0 spiro atoms. The van der Waals surface area contributed by atoms with Crippen LogP contribution in [0.15, 0.2) is 30.5 Å². The van der Waals surface area contributed by atoms with Crippen LogP contribution in [0.4, 0.5) is 0 Å². The normalized spacial score (nSPS) is 16.0. The molecule has 202 valence electrons. The Labute approximate surface area is 211 Å². The second-order valence-electron chi connectivity index (χ2n) is 8.62. The van der Waals surface area contributed by atoms with Gasteiger partial charge in [0.05, 0.1) is 18.6 Å². The number of para-hydroxylation sites is 1. The summed E-state index contributed by atoms with van der Waals surface area (Å²) >= 11 is 0. The van der Waals surface area contributed by atoms with Gasteiger partial charge >= 0.3 is 11.9 Å². The van der Waals surface area contributed by atoms with Crippen LogP contribution in [0.3, 0.4) is 0 Å². The monoisotopic (exact) mass is 521 g/mol. The van der Waals surface area contributed by atoms with E-state index < -0.39 is 72.5 Å². The quantitative estimate of drug-likeness (QED) is 0.138. The number of amides is 3. The van der Waals surface area contributed by atoms with Crippen molar-refractivity contribution in [3.63, 3.8) is 0 Å². The number of carboxylic acids is 2. The van der Waals surface area contributed by atoms with Crippen molar-refractivity contribution in [3.8, 4) is 0 Å². The summed E-state index contributed by atoms with van der Waals surface area (Å²) in [6.07, 6.45) is -2.12. The number of aliphatic hydroxyl groups excluding tert-OH is 2. The molecule has 2 rings (SSSR count). The van der Waals surface area contributed by atoms with Crippen molar-refractivity contribution < 1.29 is 44.4 Å². The van der Waals surface area contributed by atoms with Crippen LogP contribution in [0.1, 0.15) is 25.8 Å². The first-order chi connectivity index (χ1) is 17.3. The summed E-state index contributed by atoms with van der Waals surface area (Å²) in [6, 6.07) is 1.00. The van der Waals surface area contributed by atoms with Gasteiger partial charge in [0.2, 0.25) is 17.7 Å². The molecule has 0 aliphatic rings. The second kappa shape index (κ2) is 12.8. The SMILES string of the molecule is CC(O)C(N)C(=O)NC(Cc1c[nH]c2ccccc12)C(=O)NC(C(=O)NC(CC(=O)O)C(=O)O)C(C)O. The van der Waals surface area contributed by atoms with Gasteiger partial charge in [-0.15, -0.1) is 0 Å². The van der Waals surface area contributed by atoms with E-state index >= 15 is 0 Å². The van der Waals surface area contributed by atoms with Crippen LogP contribution in [0.25, 0.3) is 10.9 Å². The van der Waals surface area contributed by atoms with Gasteiger partial charge in [0.25, 0.3) is 0 Å². The number of benzene rings is 1. The number of rotatable bonds is 13. The molecule has 1 aromatic carbocycles. The average Bonchev–Trinajstić information content (AvgIpc) is 3.22. The summed E-state index contributed by atoms with van der Waals surface area (Å²) in [4.78, 5) is 63.7. The fourth-order valence-corrected chi connectivity index (χ4v) is 3.51. The highest BCUT2D eigenvalue weighted by molar-refractivity contribution is 5.95. The molecule has 37 heavy (non-hydrogen) atoms. The number of H-pyrrole nitrogens is 1. The molecule has 0 aliphatic carbocycles. The van der Waals surface area contributed by atoms with Gasteiger partial charge in [0.1, 0.15) is 24.2 Å². The number of aliphatic hydroxyl groups is 2. The molecule has 1 heterocycles. The Hall–Kier alpha value is -4.01. The molecule has 0 saturated heterocycles. The predicted molar refractivity (Wildman–Crippen MR) is 129 cm³/mol. The maximum absolute atomic E-state index is 13.2. The second-order valence-corrected chi connectivity index (χ2v) is 8.62. The minimum absolute atomic E-state index is 0.0704. The molecule has 14 heteroatoms. The summed E-state index contributed by atoms with van der Waals surface area (Å²) < 4.78 is 0. The van der Waals surface area contributed by atoms with Crippen LogP contribution in [0.5, 0.6) is 0 Å². The molecule has 0 saturated carbocycles. The number of nitrogens with two attached hydrogens (primary N) is 1. The molecule has 2 aromatic rings.